The van der Waals surface area contributed by atoms with Gasteiger partial charge >= 0.3 is 11.9 Å². The summed E-state index contributed by atoms with van der Waals surface area (Å²) in [5.41, 5.74) is 11.5. The molecule has 0 saturated carbocycles. The summed E-state index contributed by atoms with van der Waals surface area (Å²) in [6.45, 7) is 0.0751. The molecule has 4 atom stereocenters. The van der Waals surface area contributed by atoms with E-state index in [-0.39, 0.29) is 19.4 Å². The summed E-state index contributed by atoms with van der Waals surface area (Å²) in [5.74, 6) is -6.39. The van der Waals surface area contributed by atoms with Gasteiger partial charge in [-0.2, -0.15) is 0 Å². The maximum Gasteiger partial charge on any atom is 0.326 e. The number of amides is 4. The zero-order valence-electron chi connectivity index (χ0n) is 18.1. The molecular weight excluding hydrogens is 454 g/mol. The first-order valence-electron chi connectivity index (χ1n) is 10.4. The average Bonchev–Trinajstić information content (AvgIpc) is 3.43. The minimum absolute atomic E-state index is 0.0441. The number of imidazole rings is 1. The maximum atomic E-state index is 12.9. The molecule has 34 heavy (non-hydrogen) atoms. The normalized spacial score (nSPS) is 17.9. The zero-order valence-corrected chi connectivity index (χ0v) is 18.1. The summed E-state index contributed by atoms with van der Waals surface area (Å²) in [5, 5.41) is 22.9. The van der Waals surface area contributed by atoms with Crippen LogP contribution in [0.2, 0.25) is 0 Å². The molecule has 15 heteroatoms. The lowest BCUT2D eigenvalue weighted by Crippen LogP contribution is -2.58. The van der Waals surface area contributed by atoms with Gasteiger partial charge < -0.3 is 42.2 Å². The number of H-pyrrole nitrogens is 1. The Morgan fingerprint density at radius 1 is 1.12 bits per heavy atom. The van der Waals surface area contributed by atoms with Crippen LogP contribution in [-0.2, 0) is 35.2 Å². The SMILES string of the molecule is NC(=O)CC(NC(=O)C(N)Cc1cnc[nH]1)C(=O)NC(CC(=O)O)C(=O)N1CCCC1C(=O)O. The van der Waals surface area contributed by atoms with Crippen LogP contribution < -0.4 is 22.1 Å². The van der Waals surface area contributed by atoms with Gasteiger partial charge in [-0.1, -0.05) is 0 Å². The van der Waals surface area contributed by atoms with Gasteiger partial charge in [-0.15, -0.1) is 0 Å². The van der Waals surface area contributed by atoms with E-state index < -0.39 is 72.6 Å². The number of aromatic nitrogens is 2. The van der Waals surface area contributed by atoms with E-state index >= 15 is 0 Å². The summed E-state index contributed by atoms with van der Waals surface area (Å²) < 4.78 is 0. The molecule has 0 bridgehead atoms. The minimum atomic E-state index is -1.63. The molecule has 186 valence electrons. The van der Waals surface area contributed by atoms with E-state index in [1.807, 2.05) is 0 Å². The Kier molecular flexibility index (Phi) is 9.06. The van der Waals surface area contributed by atoms with Crippen LogP contribution in [0.25, 0.3) is 0 Å². The molecule has 4 amide bonds. The van der Waals surface area contributed by atoms with Gasteiger partial charge in [-0.05, 0) is 12.8 Å². The molecule has 1 saturated heterocycles. The minimum Gasteiger partial charge on any atom is -0.481 e. The number of carbonyl (C=O) groups is 6. The first-order chi connectivity index (χ1) is 16.0. The summed E-state index contributed by atoms with van der Waals surface area (Å²) in [7, 11) is 0. The molecule has 1 fully saturated rings. The second-order valence-electron chi connectivity index (χ2n) is 7.81. The summed E-state index contributed by atoms with van der Waals surface area (Å²) in [4.78, 5) is 79.8. The lowest BCUT2D eigenvalue weighted by atomic mass is 10.1. The molecule has 1 aliphatic rings. The Labute approximate surface area is 193 Å². The summed E-state index contributed by atoms with van der Waals surface area (Å²) in [6.07, 6.45) is 1.97. The van der Waals surface area contributed by atoms with E-state index in [2.05, 4.69) is 20.6 Å². The van der Waals surface area contributed by atoms with Crippen molar-refractivity contribution in [3.8, 4) is 0 Å². The monoisotopic (exact) mass is 481 g/mol. The molecule has 9 N–H and O–H groups in total. The van der Waals surface area contributed by atoms with Crippen LogP contribution in [0, 0.1) is 0 Å². The number of hydrogen-bond donors (Lipinski definition) is 7. The number of nitrogens with two attached hydrogens (primary N) is 2. The molecule has 0 radical (unpaired) electrons. The number of carboxylic acid groups (broad SMARTS) is 2. The van der Waals surface area contributed by atoms with Crippen LogP contribution in [0.1, 0.15) is 31.4 Å². The van der Waals surface area contributed by atoms with Crippen molar-refractivity contribution in [2.24, 2.45) is 11.5 Å². The van der Waals surface area contributed by atoms with Crippen molar-refractivity contribution in [3.05, 3.63) is 18.2 Å². The Hall–Kier alpha value is -4.01. The van der Waals surface area contributed by atoms with E-state index in [0.29, 0.717) is 12.1 Å². The number of rotatable bonds is 12. The highest BCUT2D eigenvalue weighted by Gasteiger charge is 2.39. The third kappa shape index (κ3) is 7.26. The molecule has 15 nitrogen and oxygen atoms in total. The number of aliphatic carboxylic acids is 2. The topological polar surface area (TPSA) is 251 Å². The van der Waals surface area contributed by atoms with Gasteiger partial charge in [0.15, 0.2) is 0 Å². The number of carboxylic acids is 2. The molecular formula is C19H27N7O8. The van der Waals surface area contributed by atoms with E-state index in [1.54, 1.807) is 0 Å². The molecule has 0 aliphatic carbocycles. The fourth-order valence-corrected chi connectivity index (χ4v) is 3.55. The summed E-state index contributed by atoms with van der Waals surface area (Å²) >= 11 is 0. The molecule has 1 aromatic rings. The number of nitrogens with one attached hydrogen (secondary N) is 3. The Bertz CT molecular complexity index is 935. The lowest BCUT2D eigenvalue weighted by Gasteiger charge is -2.28. The van der Waals surface area contributed by atoms with Crippen LogP contribution >= 0.6 is 0 Å². The highest BCUT2D eigenvalue weighted by atomic mass is 16.4. The second kappa shape index (κ2) is 11.7. The fraction of sp³-hybridized carbons (Fsp3) is 0.526. The van der Waals surface area contributed by atoms with E-state index in [0.717, 1.165) is 4.90 Å². The fourth-order valence-electron chi connectivity index (χ4n) is 3.55. The van der Waals surface area contributed by atoms with Crippen LogP contribution in [0.15, 0.2) is 12.5 Å². The van der Waals surface area contributed by atoms with Crippen molar-refractivity contribution in [3.63, 3.8) is 0 Å². The van der Waals surface area contributed by atoms with Crippen molar-refractivity contribution >= 4 is 35.6 Å². The zero-order chi connectivity index (χ0) is 25.4. The number of primary amides is 1. The third-order valence-electron chi connectivity index (χ3n) is 5.18. The molecule has 0 spiro atoms. The van der Waals surface area contributed by atoms with Gasteiger partial charge in [0.25, 0.3) is 0 Å². The first-order valence-corrected chi connectivity index (χ1v) is 10.4. The van der Waals surface area contributed by atoms with Crippen LogP contribution in [0.4, 0.5) is 0 Å². The first kappa shape index (κ1) is 26.2. The Balaban J connectivity index is 2.13. The number of carbonyl (C=O) groups excluding carboxylic acids is 4. The molecule has 1 aromatic heterocycles. The molecule has 2 heterocycles. The van der Waals surface area contributed by atoms with E-state index in [4.69, 9.17) is 11.5 Å². The molecule has 4 unspecified atom stereocenters. The van der Waals surface area contributed by atoms with E-state index in [9.17, 15) is 39.0 Å². The third-order valence-corrected chi connectivity index (χ3v) is 5.18. The van der Waals surface area contributed by atoms with Gasteiger partial charge in [-0.25, -0.2) is 9.78 Å². The highest BCUT2D eigenvalue weighted by molar-refractivity contribution is 5.97. The van der Waals surface area contributed by atoms with Crippen LogP contribution in [-0.4, -0.2) is 91.4 Å². The van der Waals surface area contributed by atoms with Gasteiger partial charge in [0.05, 0.1) is 25.2 Å². The van der Waals surface area contributed by atoms with Crippen molar-refractivity contribution in [1.29, 1.82) is 0 Å². The Morgan fingerprint density at radius 2 is 1.79 bits per heavy atom. The van der Waals surface area contributed by atoms with Crippen molar-refractivity contribution in [1.82, 2.24) is 25.5 Å². The smallest absolute Gasteiger partial charge is 0.326 e. The predicted octanol–water partition coefficient (Wildman–Crippen LogP) is -3.33. The standard InChI is InChI=1S/C19H27N7O8/c20-10(4-9-7-22-8-23-9)16(30)24-11(5-14(21)27)17(31)25-12(6-15(28)29)18(32)26-3-1-2-13(26)19(33)34/h7-8,10-13H,1-6,20H2,(H2,21,27)(H,22,23)(H,24,30)(H,25,31)(H,28,29)(H,33,34). The Morgan fingerprint density at radius 3 is 2.35 bits per heavy atom. The van der Waals surface area contributed by atoms with Gasteiger partial charge in [0.1, 0.15) is 18.1 Å². The summed E-state index contributed by atoms with van der Waals surface area (Å²) in [6, 6.07) is -5.45. The van der Waals surface area contributed by atoms with Crippen molar-refractivity contribution in [2.75, 3.05) is 6.54 Å². The molecule has 0 aromatic carbocycles. The van der Waals surface area contributed by atoms with Crippen LogP contribution in [0.5, 0.6) is 0 Å². The van der Waals surface area contributed by atoms with Gasteiger partial charge in [0, 0.05) is 24.9 Å². The predicted molar refractivity (Wildman–Crippen MR) is 113 cm³/mol. The molecule has 2 rings (SSSR count). The van der Waals surface area contributed by atoms with Gasteiger partial charge in [0.2, 0.25) is 23.6 Å². The number of nitrogens with zero attached hydrogens (tertiary/aromatic N) is 2. The number of likely N-dealkylation sites (tertiary alicyclic amines) is 1. The molecule has 1 aliphatic heterocycles. The van der Waals surface area contributed by atoms with Crippen molar-refractivity contribution in [2.45, 2.75) is 56.3 Å². The van der Waals surface area contributed by atoms with Crippen molar-refractivity contribution < 1.29 is 39.0 Å². The number of hydrogen-bond acceptors (Lipinski definition) is 8. The van der Waals surface area contributed by atoms with E-state index in [1.165, 1.54) is 12.5 Å². The number of aromatic amines is 1. The average molecular weight is 481 g/mol. The van der Waals surface area contributed by atoms with Crippen LogP contribution in [0.3, 0.4) is 0 Å². The lowest BCUT2D eigenvalue weighted by molar-refractivity contribution is -0.150. The van der Waals surface area contributed by atoms with Gasteiger partial charge in [-0.3, -0.25) is 24.0 Å². The highest BCUT2D eigenvalue weighted by Crippen LogP contribution is 2.19. The largest absolute Gasteiger partial charge is 0.481 e. The quantitative estimate of drug-likeness (QED) is 0.156. The maximum absolute atomic E-state index is 12.9. The second-order valence-corrected chi connectivity index (χ2v) is 7.81.